The summed E-state index contributed by atoms with van der Waals surface area (Å²) in [6, 6.07) is 0. The van der Waals surface area contributed by atoms with Gasteiger partial charge in [-0.3, -0.25) is 4.79 Å². The van der Waals surface area contributed by atoms with Crippen molar-refractivity contribution in [3.8, 4) is 0 Å². The van der Waals surface area contributed by atoms with E-state index in [1.54, 1.807) is 0 Å². The Hall–Kier alpha value is -0.580. The normalized spacial score (nSPS) is 10.3. The second kappa shape index (κ2) is 4.51. The zero-order valence-electron chi connectivity index (χ0n) is 7.30. The van der Waals surface area contributed by atoms with Gasteiger partial charge in [-0.1, -0.05) is 34.8 Å². The average molecular weight is 274 g/mol. The van der Waals surface area contributed by atoms with E-state index in [4.69, 9.17) is 34.8 Å². The number of carbonyl (C=O) groups is 1. The summed E-state index contributed by atoms with van der Waals surface area (Å²) in [5.74, 6) is -3.23. The van der Waals surface area contributed by atoms with Crippen LogP contribution in [-0.4, -0.2) is 5.91 Å². The zero-order valence-corrected chi connectivity index (χ0v) is 9.57. The molecule has 7 heteroatoms. The molecule has 0 aliphatic carbocycles. The van der Waals surface area contributed by atoms with Gasteiger partial charge >= 0.3 is 0 Å². The number of amides is 1. The van der Waals surface area contributed by atoms with Crippen molar-refractivity contribution in [2.75, 3.05) is 5.32 Å². The smallest absolute Gasteiger partial charge is 0.221 e. The zero-order chi connectivity index (χ0) is 11.7. The van der Waals surface area contributed by atoms with Gasteiger partial charge in [-0.25, -0.2) is 8.78 Å². The monoisotopic (exact) mass is 273 g/mol. The van der Waals surface area contributed by atoms with Crippen LogP contribution >= 0.6 is 34.8 Å². The Bertz CT molecular complexity index is 407. The van der Waals surface area contributed by atoms with Gasteiger partial charge in [0.05, 0.1) is 10.7 Å². The van der Waals surface area contributed by atoms with Crippen LogP contribution in [0.1, 0.15) is 6.92 Å². The van der Waals surface area contributed by atoms with Gasteiger partial charge < -0.3 is 5.32 Å². The third-order valence-corrected chi connectivity index (χ3v) is 2.70. The molecule has 0 bridgehead atoms. The first-order chi connectivity index (χ1) is 6.86. The van der Waals surface area contributed by atoms with Crippen LogP contribution in [0.4, 0.5) is 14.5 Å². The van der Waals surface area contributed by atoms with Gasteiger partial charge in [-0.15, -0.1) is 0 Å². The molecule has 0 saturated heterocycles. The van der Waals surface area contributed by atoms with Crippen LogP contribution in [0.3, 0.4) is 0 Å². The fourth-order valence-corrected chi connectivity index (χ4v) is 1.57. The number of benzene rings is 1. The predicted molar refractivity (Wildman–Crippen MR) is 55.7 cm³/mol. The molecular weight excluding hydrogens is 270 g/mol. The van der Waals surface area contributed by atoms with Crippen LogP contribution < -0.4 is 5.32 Å². The lowest BCUT2D eigenvalue weighted by atomic mass is 10.3. The van der Waals surface area contributed by atoms with E-state index in [-0.39, 0.29) is 10.7 Å². The molecule has 0 unspecified atom stereocenters. The number of rotatable bonds is 1. The molecule has 0 heterocycles. The third kappa shape index (κ3) is 2.33. The highest BCUT2D eigenvalue weighted by molar-refractivity contribution is 6.46. The Morgan fingerprint density at radius 2 is 1.53 bits per heavy atom. The molecule has 1 aromatic carbocycles. The molecule has 0 radical (unpaired) electrons. The van der Waals surface area contributed by atoms with Gasteiger partial charge in [0, 0.05) is 6.92 Å². The fraction of sp³-hybridized carbons (Fsp3) is 0.125. The van der Waals surface area contributed by atoms with Crippen LogP contribution in [0, 0.1) is 11.6 Å². The summed E-state index contributed by atoms with van der Waals surface area (Å²) in [6.07, 6.45) is 0. The minimum Gasteiger partial charge on any atom is -0.324 e. The van der Waals surface area contributed by atoms with Crippen LogP contribution in [-0.2, 0) is 4.79 Å². The number of hydrogen-bond donors (Lipinski definition) is 1. The summed E-state index contributed by atoms with van der Waals surface area (Å²) < 4.78 is 26.1. The molecule has 0 saturated carbocycles. The van der Waals surface area contributed by atoms with E-state index in [9.17, 15) is 13.6 Å². The van der Waals surface area contributed by atoms with Gasteiger partial charge in [0.15, 0.2) is 11.6 Å². The highest BCUT2D eigenvalue weighted by Gasteiger charge is 2.22. The summed E-state index contributed by atoms with van der Waals surface area (Å²) in [5, 5.41) is 0.582. The van der Waals surface area contributed by atoms with Crippen LogP contribution in [0.5, 0.6) is 0 Å². The maximum atomic E-state index is 13.1. The molecule has 0 atom stereocenters. The molecule has 82 valence electrons. The number of carbonyl (C=O) groups excluding carboxylic acids is 1. The second-order valence-electron chi connectivity index (χ2n) is 2.63. The van der Waals surface area contributed by atoms with E-state index >= 15 is 0 Å². The lowest BCUT2D eigenvalue weighted by Crippen LogP contribution is -2.08. The molecule has 1 rings (SSSR count). The molecule has 2 nitrogen and oxygen atoms in total. The van der Waals surface area contributed by atoms with Gasteiger partial charge in [0.25, 0.3) is 0 Å². The van der Waals surface area contributed by atoms with E-state index in [0.717, 1.165) is 0 Å². The second-order valence-corrected chi connectivity index (χ2v) is 3.76. The molecular formula is C8H4Cl3F2NO. The molecule has 1 amide bonds. The summed E-state index contributed by atoms with van der Waals surface area (Å²) >= 11 is 16.4. The van der Waals surface area contributed by atoms with Crippen molar-refractivity contribution in [2.45, 2.75) is 6.92 Å². The number of nitrogens with one attached hydrogen (secondary N) is 1. The third-order valence-electron chi connectivity index (χ3n) is 1.51. The maximum absolute atomic E-state index is 13.1. The highest BCUT2D eigenvalue weighted by Crippen LogP contribution is 2.40. The Morgan fingerprint density at radius 3 is 2.00 bits per heavy atom. The molecule has 0 fully saturated rings. The molecule has 0 aliphatic rings. The van der Waals surface area contributed by atoms with Crippen molar-refractivity contribution in [1.82, 2.24) is 0 Å². The fourth-order valence-electron chi connectivity index (χ4n) is 0.891. The molecule has 1 N–H and O–H groups in total. The molecule has 0 spiro atoms. The highest BCUT2D eigenvalue weighted by atomic mass is 35.5. The summed E-state index contributed by atoms with van der Waals surface area (Å²) in [4.78, 5) is 10.7. The quantitative estimate of drug-likeness (QED) is 0.611. The summed E-state index contributed by atoms with van der Waals surface area (Å²) in [5.41, 5.74) is -0.241. The van der Waals surface area contributed by atoms with Crippen LogP contribution in [0.25, 0.3) is 0 Å². The van der Waals surface area contributed by atoms with Crippen molar-refractivity contribution in [3.63, 3.8) is 0 Å². The largest absolute Gasteiger partial charge is 0.324 e. The van der Waals surface area contributed by atoms with Gasteiger partial charge in [-0.05, 0) is 0 Å². The standard InChI is InChI=1S/C8H4Cl3F2NO/c1-2(15)14-8-4(10)3(9)6(12)7(13)5(8)11/h1H3,(H,14,15). The SMILES string of the molecule is CC(=O)Nc1c(Cl)c(F)c(F)c(Cl)c1Cl. The molecule has 0 aromatic heterocycles. The van der Waals surface area contributed by atoms with E-state index in [1.807, 2.05) is 0 Å². The van der Waals surface area contributed by atoms with Crippen LogP contribution in [0.2, 0.25) is 15.1 Å². The number of anilines is 1. The maximum Gasteiger partial charge on any atom is 0.221 e. The first kappa shape index (κ1) is 12.5. The van der Waals surface area contributed by atoms with E-state index in [0.29, 0.717) is 0 Å². The van der Waals surface area contributed by atoms with Crippen molar-refractivity contribution in [2.24, 2.45) is 0 Å². The topological polar surface area (TPSA) is 29.1 Å². The van der Waals surface area contributed by atoms with E-state index in [2.05, 4.69) is 5.32 Å². The number of halogens is 5. The Kier molecular flexibility index (Phi) is 3.76. The Balaban J connectivity index is 3.45. The van der Waals surface area contributed by atoms with Crippen molar-refractivity contribution in [3.05, 3.63) is 26.7 Å². The lowest BCUT2D eigenvalue weighted by molar-refractivity contribution is -0.114. The van der Waals surface area contributed by atoms with Gasteiger partial charge in [-0.2, -0.15) is 0 Å². The molecule has 1 aromatic rings. The van der Waals surface area contributed by atoms with Crippen molar-refractivity contribution >= 4 is 46.4 Å². The lowest BCUT2D eigenvalue weighted by Gasteiger charge is -2.10. The first-order valence-corrected chi connectivity index (χ1v) is 4.78. The summed E-state index contributed by atoms with van der Waals surface area (Å²) in [7, 11) is 0. The number of hydrogen-bond acceptors (Lipinski definition) is 1. The van der Waals surface area contributed by atoms with Crippen LogP contribution in [0.15, 0.2) is 0 Å². The Morgan fingerprint density at radius 1 is 1.07 bits per heavy atom. The minimum absolute atomic E-state index is 0.241. The molecule has 0 aliphatic heterocycles. The van der Waals surface area contributed by atoms with E-state index < -0.39 is 27.6 Å². The van der Waals surface area contributed by atoms with E-state index in [1.165, 1.54) is 6.92 Å². The predicted octanol–water partition coefficient (Wildman–Crippen LogP) is 3.88. The van der Waals surface area contributed by atoms with Crippen molar-refractivity contribution < 1.29 is 13.6 Å². The van der Waals surface area contributed by atoms with Crippen molar-refractivity contribution in [1.29, 1.82) is 0 Å². The van der Waals surface area contributed by atoms with Gasteiger partial charge in [0.2, 0.25) is 5.91 Å². The molecule has 15 heavy (non-hydrogen) atoms. The Labute approximate surface area is 99.1 Å². The minimum atomic E-state index is -1.35. The summed E-state index contributed by atoms with van der Waals surface area (Å²) in [6.45, 7) is 1.17. The average Bonchev–Trinajstić information content (AvgIpc) is 2.18. The van der Waals surface area contributed by atoms with Gasteiger partial charge in [0.1, 0.15) is 10.0 Å². The first-order valence-electron chi connectivity index (χ1n) is 3.65.